The highest BCUT2D eigenvalue weighted by Gasteiger charge is 2.43. The Kier molecular flexibility index (Phi) is 5.01. The van der Waals surface area contributed by atoms with Gasteiger partial charge in [0.15, 0.2) is 0 Å². The van der Waals surface area contributed by atoms with Crippen molar-refractivity contribution in [1.82, 2.24) is 4.31 Å². The standard InChI is InChI=1S/C17H16ClFN2O4S/c1-11(14-4-2-3-5-16(14)19)20(12-6-7-12)26(24,25)17-9-8-13(21(22)23)10-15(17)18/h2-5,8-12H,6-7H2,1H3. The quantitative estimate of drug-likeness (QED) is 0.536. The normalized spacial score (nSPS) is 15.8. The van der Waals surface area contributed by atoms with Crippen LogP contribution in [-0.2, 0) is 10.0 Å². The number of nitro benzene ring substituents is 1. The highest BCUT2D eigenvalue weighted by molar-refractivity contribution is 7.89. The Balaban J connectivity index is 2.05. The summed E-state index contributed by atoms with van der Waals surface area (Å²) < 4.78 is 41.8. The highest BCUT2D eigenvalue weighted by atomic mass is 35.5. The van der Waals surface area contributed by atoms with Gasteiger partial charge >= 0.3 is 0 Å². The van der Waals surface area contributed by atoms with Gasteiger partial charge in [-0.15, -0.1) is 0 Å². The minimum atomic E-state index is -4.06. The number of benzene rings is 2. The molecule has 0 N–H and O–H groups in total. The van der Waals surface area contributed by atoms with Gasteiger partial charge in [0.25, 0.3) is 5.69 Å². The van der Waals surface area contributed by atoms with E-state index in [0.29, 0.717) is 12.8 Å². The number of non-ortho nitro benzene ring substituents is 1. The molecule has 3 rings (SSSR count). The van der Waals surface area contributed by atoms with Crippen LogP contribution in [0.25, 0.3) is 0 Å². The van der Waals surface area contributed by atoms with E-state index < -0.39 is 26.8 Å². The largest absolute Gasteiger partial charge is 0.271 e. The fourth-order valence-electron chi connectivity index (χ4n) is 2.93. The first-order chi connectivity index (χ1) is 12.2. The van der Waals surface area contributed by atoms with Gasteiger partial charge in [0.05, 0.1) is 16.0 Å². The van der Waals surface area contributed by atoms with E-state index in [-0.39, 0.29) is 27.2 Å². The predicted molar refractivity (Wildman–Crippen MR) is 95.0 cm³/mol. The lowest BCUT2D eigenvalue weighted by molar-refractivity contribution is -0.384. The van der Waals surface area contributed by atoms with Crippen LogP contribution in [0.3, 0.4) is 0 Å². The van der Waals surface area contributed by atoms with Crippen molar-refractivity contribution in [2.75, 3.05) is 0 Å². The van der Waals surface area contributed by atoms with Gasteiger partial charge in [0, 0.05) is 23.7 Å². The Labute approximate surface area is 155 Å². The molecule has 0 saturated heterocycles. The van der Waals surface area contributed by atoms with Crippen LogP contribution < -0.4 is 0 Å². The van der Waals surface area contributed by atoms with E-state index in [4.69, 9.17) is 11.6 Å². The Bertz CT molecular complexity index is 963. The average molecular weight is 399 g/mol. The molecule has 1 unspecified atom stereocenters. The van der Waals surface area contributed by atoms with Crippen LogP contribution in [0.2, 0.25) is 5.02 Å². The van der Waals surface area contributed by atoms with Crippen LogP contribution in [0.15, 0.2) is 47.4 Å². The van der Waals surface area contributed by atoms with Gasteiger partial charge < -0.3 is 0 Å². The molecule has 1 saturated carbocycles. The zero-order valence-corrected chi connectivity index (χ0v) is 15.4. The lowest BCUT2D eigenvalue weighted by Gasteiger charge is -2.29. The molecule has 0 radical (unpaired) electrons. The summed E-state index contributed by atoms with van der Waals surface area (Å²) in [5, 5.41) is 10.6. The smallest absolute Gasteiger partial charge is 0.258 e. The van der Waals surface area contributed by atoms with E-state index >= 15 is 0 Å². The van der Waals surface area contributed by atoms with E-state index in [0.717, 1.165) is 18.2 Å². The summed E-state index contributed by atoms with van der Waals surface area (Å²) in [7, 11) is -4.06. The molecule has 0 spiro atoms. The third-order valence-corrected chi connectivity index (χ3v) is 6.83. The third-order valence-electron chi connectivity index (χ3n) is 4.33. The van der Waals surface area contributed by atoms with Gasteiger partial charge in [-0.05, 0) is 31.9 Å². The highest BCUT2D eigenvalue weighted by Crippen LogP contribution is 2.41. The lowest BCUT2D eigenvalue weighted by atomic mass is 10.1. The van der Waals surface area contributed by atoms with Crippen LogP contribution in [0.4, 0.5) is 10.1 Å². The number of rotatable bonds is 6. The van der Waals surface area contributed by atoms with Crippen molar-refractivity contribution >= 4 is 27.3 Å². The van der Waals surface area contributed by atoms with Crippen molar-refractivity contribution < 1.29 is 17.7 Å². The molecule has 2 aromatic rings. The zero-order valence-electron chi connectivity index (χ0n) is 13.8. The number of nitrogens with zero attached hydrogens (tertiary/aromatic N) is 2. The van der Waals surface area contributed by atoms with Gasteiger partial charge in [-0.25, -0.2) is 12.8 Å². The van der Waals surface area contributed by atoms with E-state index in [2.05, 4.69) is 0 Å². The molecule has 0 amide bonds. The van der Waals surface area contributed by atoms with Gasteiger partial charge in [-0.1, -0.05) is 29.8 Å². The Morgan fingerprint density at radius 1 is 1.27 bits per heavy atom. The number of hydrogen-bond donors (Lipinski definition) is 0. The number of halogens is 2. The van der Waals surface area contributed by atoms with Gasteiger partial charge in [0.1, 0.15) is 10.7 Å². The van der Waals surface area contributed by atoms with Crippen LogP contribution in [0.5, 0.6) is 0 Å². The molecule has 1 aliphatic carbocycles. The summed E-state index contributed by atoms with van der Waals surface area (Å²) in [5.74, 6) is -0.490. The molecule has 9 heteroatoms. The van der Waals surface area contributed by atoms with Crippen LogP contribution >= 0.6 is 11.6 Å². The van der Waals surface area contributed by atoms with Crippen molar-refractivity contribution in [2.24, 2.45) is 0 Å². The van der Waals surface area contributed by atoms with Crippen molar-refractivity contribution in [3.63, 3.8) is 0 Å². The molecule has 1 fully saturated rings. The Morgan fingerprint density at radius 2 is 1.92 bits per heavy atom. The molecule has 2 aromatic carbocycles. The summed E-state index contributed by atoms with van der Waals surface area (Å²) in [6.45, 7) is 1.62. The number of nitro groups is 1. The monoisotopic (exact) mass is 398 g/mol. The Morgan fingerprint density at radius 3 is 2.46 bits per heavy atom. The minimum absolute atomic E-state index is 0.222. The van der Waals surface area contributed by atoms with Gasteiger partial charge in [0.2, 0.25) is 10.0 Å². The molecular formula is C17H16ClFN2O4S. The molecular weight excluding hydrogens is 383 g/mol. The van der Waals surface area contributed by atoms with E-state index in [1.165, 1.54) is 16.4 Å². The Hall–Kier alpha value is -2.03. The fourth-order valence-corrected chi connectivity index (χ4v) is 5.30. The second-order valence-corrected chi connectivity index (χ2v) is 8.35. The zero-order chi connectivity index (χ0) is 19.1. The summed E-state index contributed by atoms with van der Waals surface area (Å²) >= 11 is 6.02. The number of hydrogen-bond acceptors (Lipinski definition) is 4. The molecule has 0 aromatic heterocycles. The van der Waals surface area contributed by atoms with Crippen molar-refractivity contribution in [3.8, 4) is 0 Å². The molecule has 1 atom stereocenters. The third kappa shape index (κ3) is 3.44. The minimum Gasteiger partial charge on any atom is -0.258 e. The van der Waals surface area contributed by atoms with E-state index in [1.807, 2.05) is 0 Å². The van der Waals surface area contributed by atoms with Crippen molar-refractivity contribution in [3.05, 3.63) is 69.0 Å². The number of sulfonamides is 1. The van der Waals surface area contributed by atoms with Crippen molar-refractivity contribution in [1.29, 1.82) is 0 Å². The van der Waals surface area contributed by atoms with Crippen LogP contribution in [0.1, 0.15) is 31.4 Å². The maximum Gasteiger partial charge on any atom is 0.271 e. The first kappa shape index (κ1) is 18.8. The van der Waals surface area contributed by atoms with E-state index in [9.17, 15) is 22.9 Å². The maximum absolute atomic E-state index is 14.2. The SMILES string of the molecule is CC(c1ccccc1F)N(C1CC1)S(=O)(=O)c1ccc([N+](=O)[O-])cc1Cl. The predicted octanol–water partition coefficient (Wildman–Crippen LogP) is 4.30. The molecule has 138 valence electrons. The molecule has 0 aliphatic heterocycles. The topological polar surface area (TPSA) is 80.5 Å². The molecule has 1 aliphatic rings. The van der Waals surface area contributed by atoms with E-state index in [1.54, 1.807) is 19.1 Å². The first-order valence-corrected chi connectivity index (χ1v) is 9.77. The second-order valence-electron chi connectivity index (χ2n) is 6.14. The summed E-state index contributed by atoms with van der Waals surface area (Å²) in [6, 6.07) is 8.25. The molecule has 26 heavy (non-hydrogen) atoms. The second kappa shape index (κ2) is 6.94. The van der Waals surface area contributed by atoms with Gasteiger partial charge in [-0.3, -0.25) is 10.1 Å². The molecule has 0 heterocycles. The summed E-state index contributed by atoms with van der Waals surface area (Å²) in [4.78, 5) is 9.97. The maximum atomic E-state index is 14.2. The first-order valence-electron chi connectivity index (χ1n) is 7.95. The fraction of sp³-hybridized carbons (Fsp3) is 0.294. The van der Waals surface area contributed by atoms with Crippen LogP contribution in [0, 0.1) is 15.9 Å². The molecule has 0 bridgehead atoms. The van der Waals surface area contributed by atoms with Crippen LogP contribution in [-0.4, -0.2) is 23.7 Å². The van der Waals surface area contributed by atoms with Crippen molar-refractivity contribution in [2.45, 2.75) is 36.7 Å². The van der Waals surface area contributed by atoms with Gasteiger partial charge in [-0.2, -0.15) is 4.31 Å². The summed E-state index contributed by atoms with van der Waals surface area (Å²) in [6.07, 6.45) is 1.34. The lowest BCUT2D eigenvalue weighted by Crippen LogP contribution is -2.36. The molecule has 6 nitrogen and oxygen atoms in total. The summed E-state index contributed by atoms with van der Waals surface area (Å²) in [5.41, 5.74) is -0.0323. The average Bonchev–Trinajstić information content (AvgIpc) is 3.39.